The van der Waals surface area contributed by atoms with Crippen LogP contribution >= 0.6 is 0 Å². The summed E-state index contributed by atoms with van der Waals surface area (Å²) in [5, 5.41) is 0. The molecule has 1 unspecified atom stereocenters. The minimum Gasteiger partial charge on any atom is -0.0654 e. The fraction of sp³-hybridized carbons (Fsp3) is 0.625. The third-order valence-corrected chi connectivity index (χ3v) is 7.99. The second kappa shape index (κ2) is 13.2. The first-order valence-electron chi connectivity index (χ1n) is 13.8. The summed E-state index contributed by atoms with van der Waals surface area (Å²) >= 11 is 0. The highest BCUT2D eigenvalue weighted by atomic mass is 14.3. The summed E-state index contributed by atoms with van der Waals surface area (Å²) in [4.78, 5) is 0. The Balaban J connectivity index is 1.54. The first-order chi connectivity index (χ1) is 15.6. The lowest BCUT2D eigenvalue weighted by molar-refractivity contribution is 0.302. The monoisotopic (exact) mass is 432 g/mol. The number of benzene rings is 2. The standard InChI is InChI=1S/C32H48/c1-5-7-8-12-27-15-20-30(21-16-27)32-22-18-28(24-26(32)4)17-19-29-13-9-10-14-31(29)23-25(3)11-6-2/h9-10,13-14,18,22,24-25,27,30H,5-8,11-12,15-17,19-21,23H2,1-4H3/t25?,27-,30-. The van der Waals surface area contributed by atoms with Crippen molar-refractivity contribution in [3.63, 3.8) is 0 Å². The summed E-state index contributed by atoms with van der Waals surface area (Å²) in [6.45, 7) is 9.37. The van der Waals surface area contributed by atoms with Gasteiger partial charge in [0, 0.05) is 0 Å². The summed E-state index contributed by atoms with van der Waals surface area (Å²) in [5.41, 5.74) is 7.79. The van der Waals surface area contributed by atoms with Gasteiger partial charge in [-0.15, -0.1) is 0 Å². The predicted molar refractivity (Wildman–Crippen MR) is 142 cm³/mol. The molecule has 0 spiro atoms. The Kier molecular flexibility index (Phi) is 10.4. The van der Waals surface area contributed by atoms with Crippen molar-refractivity contribution in [2.24, 2.45) is 11.8 Å². The van der Waals surface area contributed by atoms with Crippen LogP contribution in [0.4, 0.5) is 0 Å². The molecule has 2 aromatic rings. The molecule has 2 aromatic carbocycles. The fourth-order valence-corrected chi connectivity index (χ4v) is 6.05. The van der Waals surface area contributed by atoms with Crippen LogP contribution in [0.3, 0.4) is 0 Å². The maximum atomic E-state index is 2.49. The van der Waals surface area contributed by atoms with Gasteiger partial charge in [-0.1, -0.05) is 102 Å². The van der Waals surface area contributed by atoms with Crippen molar-refractivity contribution in [3.8, 4) is 0 Å². The molecular formula is C32H48. The third-order valence-electron chi connectivity index (χ3n) is 7.99. The van der Waals surface area contributed by atoms with E-state index in [2.05, 4.69) is 70.2 Å². The molecule has 0 saturated heterocycles. The minimum atomic E-state index is 0.782. The minimum absolute atomic E-state index is 0.782. The summed E-state index contributed by atoms with van der Waals surface area (Å²) in [5.74, 6) is 2.58. The zero-order chi connectivity index (χ0) is 22.8. The molecule has 0 heteroatoms. The van der Waals surface area contributed by atoms with Crippen LogP contribution in [0.1, 0.15) is 119 Å². The maximum Gasteiger partial charge on any atom is -0.0159 e. The number of aryl methyl sites for hydroxylation is 3. The Morgan fingerprint density at radius 3 is 2.28 bits per heavy atom. The lowest BCUT2D eigenvalue weighted by Gasteiger charge is -2.30. The molecule has 0 N–H and O–H groups in total. The average Bonchev–Trinajstić information content (AvgIpc) is 2.79. The van der Waals surface area contributed by atoms with Gasteiger partial charge in [-0.2, -0.15) is 0 Å². The largest absolute Gasteiger partial charge is 0.0654 e. The highest BCUT2D eigenvalue weighted by Gasteiger charge is 2.23. The van der Waals surface area contributed by atoms with Gasteiger partial charge in [0.2, 0.25) is 0 Å². The summed E-state index contributed by atoms with van der Waals surface area (Å²) in [7, 11) is 0. The Bertz CT molecular complexity index is 793. The fourth-order valence-electron chi connectivity index (χ4n) is 6.05. The molecule has 1 aliphatic rings. The van der Waals surface area contributed by atoms with Crippen molar-refractivity contribution < 1.29 is 0 Å². The van der Waals surface area contributed by atoms with Gasteiger partial charge in [0.15, 0.2) is 0 Å². The van der Waals surface area contributed by atoms with E-state index in [9.17, 15) is 0 Å². The van der Waals surface area contributed by atoms with Gasteiger partial charge >= 0.3 is 0 Å². The van der Waals surface area contributed by atoms with Crippen molar-refractivity contribution in [1.29, 1.82) is 0 Å². The van der Waals surface area contributed by atoms with Crippen LogP contribution in [0.15, 0.2) is 42.5 Å². The number of unbranched alkanes of at least 4 members (excludes halogenated alkanes) is 2. The lowest BCUT2D eigenvalue weighted by atomic mass is 9.76. The molecule has 176 valence electrons. The zero-order valence-corrected chi connectivity index (χ0v) is 21.5. The van der Waals surface area contributed by atoms with Crippen LogP contribution in [0.25, 0.3) is 0 Å². The topological polar surface area (TPSA) is 0 Å². The molecule has 1 saturated carbocycles. The molecule has 0 heterocycles. The van der Waals surface area contributed by atoms with E-state index in [1.54, 1.807) is 16.7 Å². The van der Waals surface area contributed by atoms with E-state index in [0.717, 1.165) is 30.6 Å². The molecule has 0 radical (unpaired) electrons. The van der Waals surface area contributed by atoms with Crippen LogP contribution < -0.4 is 0 Å². The van der Waals surface area contributed by atoms with Gasteiger partial charge < -0.3 is 0 Å². The first-order valence-corrected chi connectivity index (χ1v) is 13.8. The molecule has 3 rings (SSSR count). The smallest absolute Gasteiger partial charge is 0.0159 e. The Labute approximate surface area is 199 Å². The third kappa shape index (κ3) is 7.50. The molecule has 1 atom stereocenters. The molecule has 0 aliphatic heterocycles. The van der Waals surface area contributed by atoms with Gasteiger partial charge in [0.05, 0.1) is 0 Å². The van der Waals surface area contributed by atoms with E-state index in [4.69, 9.17) is 0 Å². The van der Waals surface area contributed by atoms with Crippen LogP contribution in [0.2, 0.25) is 0 Å². The molecule has 0 nitrogen and oxygen atoms in total. The molecule has 0 amide bonds. The SMILES string of the molecule is CCCCC[C@H]1CC[C@H](c2ccc(CCc3ccccc3CC(C)CCC)cc2C)CC1. The second-order valence-corrected chi connectivity index (χ2v) is 10.8. The summed E-state index contributed by atoms with van der Waals surface area (Å²) < 4.78 is 0. The van der Waals surface area contributed by atoms with Crippen LogP contribution in [0.5, 0.6) is 0 Å². The predicted octanol–water partition coefficient (Wildman–Crippen LogP) is 9.61. The Hall–Kier alpha value is -1.56. The Morgan fingerprint density at radius 1 is 0.844 bits per heavy atom. The quantitative estimate of drug-likeness (QED) is 0.293. The maximum absolute atomic E-state index is 2.49. The molecule has 1 aliphatic carbocycles. The van der Waals surface area contributed by atoms with Gasteiger partial charge in [0.25, 0.3) is 0 Å². The van der Waals surface area contributed by atoms with E-state index < -0.39 is 0 Å². The van der Waals surface area contributed by atoms with Crippen molar-refractivity contribution in [2.75, 3.05) is 0 Å². The van der Waals surface area contributed by atoms with E-state index in [-0.39, 0.29) is 0 Å². The van der Waals surface area contributed by atoms with Crippen LogP contribution in [0, 0.1) is 18.8 Å². The normalized spacial score (nSPS) is 19.8. The molecular weight excluding hydrogens is 384 g/mol. The van der Waals surface area contributed by atoms with Gasteiger partial charge in [-0.25, -0.2) is 0 Å². The van der Waals surface area contributed by atoms with Crippen molar-refractivity contribution in [2.45, 2.75) is 117 Å². The van der Waals surface area contributed by atoms with Crippen LogP contribution in [-0.4, -0.2) is 0 Å². The molecule has 32 heavy (non-hydrogen) atoms. The second-order valence-electron chi connectivity index (χ2n) is 10.8. The number of hydrogen-bond acceptors (Lipinski definition) is 0. The van der Waals surface area contributed by atoms with Gasteiger partial charge in [0.1, 0.15) is 0 Å². The Morgan fingerprint density at radius 2 is 1.59 bits per heavy atom. The van der Waals surface area contributed by atoms with E-state index in [1.807, 2.05) is 0 Å². The van der Waals surface area contributed by atoms with Crippen LogP contribution in [-0.2, 0) is 19.3 Å². The molecule has 0 bridgehead atoms. The number of rotatable bonds is 12. The van der Waals surface area contributed by atoms with Gasteiger partial charge in [-0.05, 0) is 97.4 Å². The highest BCUT2D eigenvalue weighted by molar-refractivity contribution is 5.35. The molecule has 0 aromatic heterocycles. The van der Waals surface area contributed by atoms with E-state index in [0.29, 0.717) is 0 Å². The van der Waals surface area contributed by atoms with Crippen molar-refractivity contribution in [3.05, 3.63) is 70.3 Å². The van der Waals surface area contributed by atoms with Gasteiger partial charge in [-0.3, -0.25) is 0 Å². The van der Waals surface area contributed by atoms with E-state index in [1.165, 1.54) is 81.8 Å². The highest BCUT2D eigenvalue weighted by Crippen LogP contribution is 2.39. The lowest BCUT2D eigenvalue weighted by Crippen LogP contribution is -2.14. The average molecular weight is 433 g/mol. The summed E-state index contributed by atoms with van der Waals surface area (Å²) in [6, 6.07) is 16.5. The zero-order valence-electron chi connectivity index (χ0n) is 21.5. The van der Waals surface area contributed by atoms with Crippen molar-refractivity contribution >= 4 is 0 Å². The van der Waals surface area contributed by atoms with Crippen molar-refractivity contribution in [1.82, 2.24) is 0 Å². The molecule has 1 fully saturated rings. The first kappa shape index (κ1) is 25.1. The number of hydrogen-bond donors (Lipinski definition) is 0. The van der Waals surface area contributed by atoms with E-state index >= 15 is 0 Å². The summed E-state index contributed by atoms with van der Waals surface area (Å²) in [6.07, 6.45) is 17.5.